The summed E-state index contributed by atoms with van der Waals surface area (Å²) in [7, 11) is 0. The Labute approximate surface area is 125 Å². The van der Waals surface area contributed by atoms with Gasteiger partial charge in [0.05, 0.1) is 6.61 Å². The van der Waals surface area contributed by atoms with Crippen LogP contribution in [-0.2, 0) is 0 Å². The lowest BCUT2D eigenvalue weighted by atomic mass is 10.1. The van der Waals surface area contributed by atoms with E-state index in [4.69, 9.17) is 16.3 Å². The molecule has 0 aromatic heterocycles. The number of halogens is 1. The van der Waals surface area contributed by atoms with Crippen molar-refractivity contribution in [3.05, 3.63) is 28.8 Å². The number of hydrogen-bond donors (Lipinski definition) is 3. The van der Waals surface area contributed by atoms with Crippen LogP contribution in [0.5, 0.6) is 5.75 Å². The summed E-state index contributed by atoms with van der Waals surface area (Å²) in [5.74, 6) is 1.00. The molecular weight excluding hydrogens is 278 g/mol. The van der Waals surface area contributed by atoms with E-state index in [9.17, 15) is 10.2 Å². The third kappa shape index (κ3) is 5.67. The highest BCUT2D eigenvalue weighted by Crippen LogP contribution is 2.21. The van der Waals surface area contributed by atoms with Crippen molar-refractivity contribution in [2.75, 3.05) is 19.8 Å². The number of benzene rings is 1. The summed E-state index contributed by atoms with van der Waals surface area (Å²) in [5, 5.41) is 22.9. The van der Waals surface area contributed by atoms with E-state index in [2.05, 4.69) is 5.32 Å². The fraction of sp³-hybridized carbons (Fsp3) is 0.600. The van der Waals surface area contributed by atoms with E-state index in [0.29, 0.717) is 23.2 Å². The van der Waals surface area contributed by atoms with Gasteiger partial charge in [-0.3, -0.25) is 0 Å². The maximum Gasteiger partial charge on any atom is 0.119 e. The summed E-state index contributed by atoms with van der Waals surface area (Å²) in [6.45, 7) is 6.59. The zero-order valence-electron chi connectivity index (χ0n) is 12.3. The number of aliphatic hydroxyl groups excluding tert-OH is 2. The first-order chi connectivity index (χ1) is 9.43. The highest BCUT2D eigenvalue weighted by atomic mass is 35.5. The molecule has 0 amide bonds. The Morgan fingerprint density at radius 3 is 2.60 bits per heavy atom. The van der Waals surface area contributed by atoms with Crippen LogP contribution in [0.3, 0.4) is 0 Å². The summed E-state index contributed by atoms with van der Waals surface area (Å²) in [6, 6.07) is 5.38. The van der Waals surface area contributed by atoms with Crippen LogP contribution >= 0.6 is 11.6 Å². The van der Waals surface area contributed by atoms with Crippen molar-refractivity contribution in [2.45, 2.75) is 32.9 Å². The quantitative estimate of drug-likeness (QED) is 0.687. The number of nitrogens with one attached hydrogen (secondary N) is 1. The minimum atomic E-state index is -0.626. The molecule has 1 rings (SSSR count). The molecule has 2 atom stereocenters. The zero-order valence-corrected chi connectivity index (χ0v) is 13.0. The van der Waals surface area contributed by atoms with E-state index in [1.165, 1.54) is 0 Å². The van der Waals surface area contributed by atoms with E-state index >= 15 is 0 Å². The van der Waals surface area contributed by atoms with Crippen LogP contribution in [0.2, 0.25) is 5.02 Å². The minimum Gasteiger partial charge on any atom is -0.491 e. The fourth-order valence-electron chi connectivity index (χ4n) is 1.76. The normalized spacial score (nSPS) is 14.3. The Morgan fingerprint density at radius 1 is 1.35 bits per heavy atom. The second-order valence-electron chi connectivity index (χ2n) is 5.32. The number of aliphatic hydroxyl groups is 2. The number of rotatable bonds is 8. The average Bonchev–Trinajstić information content (AvgIpc) is 2.40. The molecule has 0 aliphatic heterocycles. The first-order valence-electron chi connectivity index (χ1n) is 6.85. The highest BCUT2D eigenvalue weighted by molar-refractivity contribution is 6.31. The van der Waals surface area contributed by atoms with Crippen LogP contribution in [0.25, 0.3) is 0 Å². The molecule has 0 bridgehead atoms. The zero-order chi connectivity index (χ0) is 15.1. The molecule has 20 heavy (non-hydrogen) atoms. The molecule has 0 saturated carbocycles. The minimum absolute atomic E-state index is 0.0116. The van der Waals surface area contributed by atoms with E-state index < -0.39 is 6.10 Å². The van der Waals surface area contributed by atoms with Gasteiger partial charge < -0.3 is 20.3 Å². The van der Waals surface area contributed by atoms with E-state index in [-0.39, 0.29) is 19.3 Å². The summed E-state index contributed by atoms with van der Waals surface area (Å²) >= 11 is 5.93. The molecule has 0 aliphatic rings. The molecule has 0 spiro atoms. The molecule has 0 heterocycles. The van der Waals surface area contributed by atoms with Crippen molar-refractivity contribution in [1.82, 2.24) is 5.32 Å². The van der Waals surface area contributed by atoms with Gasteiger partial charge in [-0.25, -0.2) is 0 Å². The number of aryl methyl sites for hydroxylation is 1. The fourth-order valence-corrected chi connectivity index (χ4v) is 1.87. The molecule has 1 aromatic rings. The van der Waals surface area contributed by atoms with Gasteiger partial charge in [0, 0.05) is 17.6 Å². The Bertz CT molecular complexity index is 412. The molecule has 0 fully saturated rings. The molecule has 0 radical (unpaired) electrons. The van der Waals surface area contributed by atoms with Crippen LogP contribution in [0, 0.1) is 12.8 Å². The molecule has 0 aliphatic carbocycles. The van der Waals surface area contributed by atoms with Gasteiger partial charge in [-0.1, -0.05) is 25.4 Å². The Balaban J connectivity index is 2.35. The van der Waals surface area contributed by atoms with Crippen molar-refractivity contribution in [2.24, 2.45) is 5.92 Å². The van der Waals surface area contributed by atoms with E-state index in [0.717, 1.165) is 5.56 Å². The van der Waals surface area contributed by atoms with Crippen molar-refractivity contribution < 1.29 is 14.9 Å². The third-order valence-electron chi connectivity index (χ3n) is 3.19. The van der Waals surface area contributed by atoms with Gasteiger partial charge in [0.1, 0.15) is 18.5 Å². The van der Waals surface area contributed by atoms with Gasteiger partial charge in [-0.05, 0) is 36.6 Å². The standard InChI is InChI=1S/C15H24ClNO3/c1-10(2)15(8-18)17-7-12(19)9-20-13-4-5-14(16)11(3)6-13/h4-6,10,12,15,17-19H,7-9H2,1-3H3. The van der Waals surface area contributed by atoms with E-state index in [1.54, 1.807) is 12.1 Å². The SMILES string of the molecule is Cc1cc(OCC(O)CNC(CO)C(C)C)ccc1Cl. The molecule has 2 unspecified atom stereocenters. The second kappa shape index (κ2) is 8.47. The van der Waals surface area contributed by atoms with Gasteiger partial charge >= 0.3 is 0 Å². The van der Waals surface area contributed by atoms with Gasteiger partial charge in [-0.2, -0.15) is 0 Å². The monoisotopic (exact) mass is 301 g/mol. The van der Waals surface area contributed by atoms with Crippen molar-refractivity contribution in [1.29, 1.82) is 0 Å². The third-order valence-corrected chi connectivity index (χ3v) is 3.61. The second-order valence-corrected chi connectivity index (χ2v) is 5.72. The Kier molecular flexibility index (Phi) is 7.30. The number of hydrogen-bond acceptors (Lipinski definition) is 4. The first-order valence-corrected chi connectivity index (χ1v) is 7.23. The van der Waals surface area contributed by atoms with Crippen molar-refractivity contribution >= 4 is 11.6 Å². The van der Waals surface area contributed by atoms with Gasteiger partial charge in [-0.15, -0.1) is 0 Å². The molecule has 1 aromatic carbocycles. The Morgan fingerprint density at radius 2 is 2.05 bits per heavy atom. The van der Waals surface area contributed by atoms with Crippen molar-refractivity contribution in [3.8, 4) is 5.75 Å². The molecule has 5 heteroatoms. The summed E-state index contributed by atoms with van der Waals surface area (Å²) < 4.78 is 5.52. The molecule has 3 N–H and O–H groups in total. The van der Waals surface area contributed by atoms with Crippen LogP contribution in [0.4, 0.5) is 0 Å². The van der Waals surface area contributed by atoms with Gasteiger partial charge in [0.25, 0.3) is 0 Å². The molecule has 0 saturated heterocycles. The highest BCUT2D eigenvalue weighted by Gasteiger charge is 2.14. The van der Waals surface area contributed by atoms with Gasteiger partial charge in [0.2, 0.25) is 0 Å². The molecule has 4 nitrogen and oxygen atoms in total. The lowest BCUT2D eigenvalue weighted by Gasteiger charge is -2.22. The Hall–Kier alpha value is -0.810. The maximum absolute atomic E-state index is 9.87. The summed E-state index contributed by atoms with van der Waals surface area (Å²) in [5.41, 5.74) is 0.942. The average molecular weight is 302 g/mol. The lowest BCUT2D eigenvalue weighted by Crippen LogP contribution is -2.42. The van der Waals surface area contributed by atoms with Crippen molar-refractivity contribution in [3.63, 3.8) is 0 Å². The van der Waals surface area contributed by atoms with Crippen LogP contribution < -0.4 is 10.1 Å². The predicted octanol–water partition coefficient (Wildman–Crippen LogP) is 1.99. The maximum atomic E-state index is 9.87. The van der Waals surface area contributed by atoms with Crippen LogP contribution in [0.1, 0.15) is 19.4 Å². The van der Waals surface area contributed by atoms with Crippen LogP contribution in [-0.4, -0.2) is 42.1 Å². The van der Waals surface area contributed by atoms with E-state index in [1.807, 2.05) is 26.8 Å². The molecular formula is C15H24ClNO3. The van der Waals surface area contributed by atoms with Crippen LogP contribution in [0.15, 0.2) is 18.2 Å². The largest absolute Gasteiger partial charge is 0.491 e. The predicted molar refractivity (Wildman–Crippen MR) is 81.4 cm³/mol. The molecule has 114 valence electrons. The first kappa shape index (κ1) is 17.2. The lowest BCUT2D eigenvalue weighted by molar-refractivity contribution is 0.0961. The summed E-state index contributed by atoms with van der Waals surface area (Å²) in [6.07, 6.45) is -0.626. The smallest absolute Gasteiger partial charge is 0.119 e. The topological polar surface area (TPSA) is 61.7 Å². The van der Waals surface area contributed by atoms with Gasteiger partial charge in [0.15, 0.2) is 0 Å². The summed E-state index contributed by atoms with van der Waals surface area (Å²) in [4.78, 5) is 0. The number of ether oxygens (including phenoxy) is 1.